The lowest BCUT2D eigenvalue weighted by molar-refractivity contribution is -0.123. The molecule has 0 spiro atoms. The van der Waals surface area contributed by atoms with Gasteiger partial charge in [0.15, 0.2) is 6.61 Å². The summed E-state index contributed by atoms with van der Waals surface area (Å²) in [6.45, 7) is 5.53. The van der Waals surface area contributed by atoms with Crippen molar-refractivity contribution in [3.63, 3.8) is 0 Å². The Morgan fingerprint density at radius 3 is 2.58 bits per heavy atom. The van der Waals surface area contributed by atoms with E-state index in [2.05, 4.69) is 15.7 Å². The number of hydrogen-bond donors (Lipinski definition) is 1. The molecule has 0 atom stereocenters. The van der Waals surface area contributed by atoms with Gasteiger partial charge in [0.25, 0.3) is 5.91 Å². The largest absolute Gasteiger partial charge is 0.483 e. The Hall–Kier alpha value is -2.73. The number of carbonyl (C=O) groups is 1. The zero-order chi connectivity index (χ0) is 19.1. The van der Waals surface area contributed by atoms with Gasteiger partial charge in [0.2, 0.25) is 0 Å². The van der Waals surface area contributed by atoms with Crippen LogP contribution < -0.4 is 10.2 Å². The van der Waals surface area contributed by atoms with Gasteiger partial charge in [-0.3, -0.25) is 4.79 Å². The molecule has 2 aromatic rings. The summed E-state index contributed by atoms with van der Waals surface area (Å²) < 4.78 is 5.61. The van der Waals surface area contributed by atoms with Gasteiger partial charge in [-0.2, -0.15) is 5.10 Å². The van der Waals surface area contributed by atoms with Crippen molar-refractivity contribution in [3.8, 4) is 5.75 Å². The van der Waals surface area contributed by atoms with Gasteiger partial charge in [-0.15, -0.1) is 4.91 Å². The molecule has 136 valence electrons. The highest BCUT2D eigenvalue weighted by Crippen LogP contribution is 2.33. The van der Waals surface area contributed by atoms with Gasteiger partial charge in [-0.1, -0.05) is 37.6 Å². The van der Waals surface area contributed by atoms with Crippen LogP contribution in [0, 0.1) is 11.8 Å². The summed E-state index contributed by atoms with van der Waals surface area (Å²) in [6.07, 6.45) is 1.52. The first-order valence-corrected chi connectivity index (χ1v) is 8.46. The van der Waals surface area contributed by atoms with Crippen LogP contribution >= 0.6 is 11.6 Å². The van der Waals surface area contributed by atoms with Crippen molar-refractivity contribution in [1.29, 1.82) is 0 Å². The number of nitroso groups, excluding NO2 is 1. The Balaban J connectivity index is 1.97. The first kappa shape index (κ1) is 19.6. The van der Waals surface area contributed by atoms with E-state index in [1.54, 1.807) is 43.3 Å². The van der Waals surface area contributed by atoms with E-state index in [4.69, 9.17) is 16.3 Å². The number of benzene rings is 2. The lowest BCUT2D eigenvalue weighted by Crippen LogP contribution is -2.25. The molecule has 0 aliphatic carbocycles. The first-order chi connectivity index (χ1) is 12.4. The Kier molecular flexibility index (Phi) is 6.86. The molecular weight excluding hydrogens is 354 g/mol. The number of nitrogens with zero attached hydrogens (tertiary/aromatic N) is 2. The van der Waals surface area contributed by atoms with Crippen LogP contribution in [-0.2, 0) is 4.79 Å². The molecule has 26 heavy (non-hydrogen) atoms. The molecule has 1 N–H and O–H groups in total. The number of hydrazone groups is 1. The third-order valence-electron chi connectivity index (χ3n) is 3.68. The quantitative estimate of drug-likeness (QED) is 0.434. The van der Waals surface area contributed by atoms with Crippen LogP contribution in [0.15, 0.2) is 46.7 Å². The normalized spacial score (nSPS) is 11.0. The second-order valence-electron chi connectivity index (χ2n) is 6.06. The van der Waals surface area contributed by atoms with E-state index in [0.29, 0.717) is 22.0 Å². The van der Waals surface area contributed by atoms with Crippen LogP contribution in [0.3, 0.4) is 0 Å². The summed E-state index contributed by atoms with van der Waals surface area (Å²) in [4.78, 5) is 22.8. The highest BCUT2D eigenvalue weighted by molar-refractivity contribution is 6.30. The van der Waals surface area contributed by atoms with Crippen LogP contribution in [0.5, 0.6) is 5.75 Å². The number of carbonyl (C=O) groups excluding carboxylic acids is 1. The van der Waals surface area contributed by atoms with E-state index < -0.39 is 0 Å². The summed E-state index contributed by atoms with van der Waals surface area (Å²) in [5.74, 6) is 0.291. The topological polar surface area (TPSA) is 80.1 Å². The number of nitrogens with one attached hydrogen (secondary N) is 1. The fraction of sp³-hybridized carbons (Fsp3) is 0.263. The van der Waals surface area contributed by atoms with Crippen LogP contribution in [0.1, 0.15) is 36.5 Å². The molecule has 0 unspecified atom stereocenters. The number of aryl methyl sites for hydroxylation is 1. The van der Waals surface area contributed by atoms with Gasteiger partial charge < -0.3 is 4.74 Å². The minimum Gasteiger partial charge on any atom is -0.483 e. The minimum atomic E-state index is -0.389. The average molecular weight is 374 g/mol. The lowest BCUT2D eigenvalue weighted by atomic mass is 9.99. The lowest BCUT2D eigenvalue weighted by Gasteiger charge is -2.15. The second kappa shape index (κ2) is 9.10. The van der Waals surface area contributed by atoms with Crippen molar-refractivity contribution in [2.75, 3.05) is 6.61 Å². The van der Waals surface area contributed by atoms with Crippen molar-refractivity contribution in [2.24, 2.45) is 10.3 Å². The van der Waals surface area contributed by atoms with Crippen LogP contribution in [0.25, 0.3) is 0 Å². The van der Waals surface area contributed by atoms with E-state index in [0.717, 1.165) is 11.1 Å². The third kappa shape index (κ3) is 5.39. The summed E-state index contributed by atoms with van der Waals surface area (Å²) in [5.41, 5.74) is 5.11. The summed E-state index contributed by atoms with van der Waals surface area (Å²) in [6, 6.07) is 10.5. The molecule has 0 aliphatic heterocycles. The summed E-state index contributed by atoms with van der Waals surface area (Å²) in [7, 11) is 0. The first-order valence-electron chi connectivity index (χ1n) is 8.09. The molecule has 0 saturated heterocycles. The van der Waals surface area contributed by atoms with Gasteiger partial charge in [0.05, 0.1) is 6.21 Å². The number of hydrogen-bond acceptors (Lipinski definition) is 5. The SMILES string of the molecule is Cc1cc(OCC(=O)N/N=C/c2ccc(Cl)cc2)c(C(C)C)cc1N=O. The van der Waals surface area contributed by atoms with Gasteiger partial charge in [-0.25, -0.2) is 5.43 Å². The van der Waals surface area contributed by atoms with Crippen molar-refractivity contribution < 1.29 is 9.53 Å². The number of rotatable bonds is 7. The standard InChI is InChI=1S/C19H20ClN3O3/c1-12(2)16-9-17(23-25)13(3)8-18(16)26-11-19(24)22-21-10-14-4-6-15(20)7-5-14/h4-10,12H,11H2,1-3H3,(H,22,24)/b21-10+. The third-order valence-corrected chi connectivity index (χ3v) is 3.93. The van der Waals surface area contributed by atoms with Gasteiger partial charge >= 0.3 is 0 Å². The zero-order valence-corrected chi connectivity index (χ0v) is 15.6. The molecule has 7 heteroatoms. The molecule has 0 heterocycles. The molecule has 0 fully saturated rings. The van der Waals surface area contributed by atoms with Crippen LogP contribution in [0.4, 0.5) is 5.69 Å². The molecule has 0 radical (unpaired) electrons. The van der Waals surface area contributed by atoms with E-state index in [1.165, 1.54) is 6.21 Å². The Labute approximate surface area is 157 Å². The average Bonchev–Trinajstić information content (AvgIpc) is 2.61. The molecule has 2 rings (SSSR count). The molecule has 0 saturated carbocycles. The molecule has 2 aromatic carbocycles. The fourth-order valence-corrected chi connectivity index (χ4v) is 2.39. The predicted molar refractivity (Wildman–Crippen MR) is 103 cm³/mol. The van der Waals surface area contributed by atoms with Crippen molar-refractivity contribution in [2.45, 2.75) is 26.7 Å². The Bertz CT molecular complexity index is 818. The van der Waals surface area contributed by atoms with Gasteiger partial charge in [-0.05, 0) is 59.0 Å². The van der Waals surface area contributed by atoms with Crippen molar-refractivity contribution in [1.82, 2.24) is 5.43 Å². The van der Waals surface area contributed by atoms with Gasteiger partial charge in [0, 0.05) is 5.02 Å². The fourth-order valence-electron chi connectivity index (χ4n) is 2.26. The molecule has 0 aromatic heterocycles. The van der Waals surface area contributed by atoms with E-state index >= 15 is 0 Å². The predicted octanol–water partition coefficient (Wildman–Crippen LogP) is 4.70. The van der Waals surface area contributed by atoms with E-state index in [-0.39, 0.29) is 18.4 Å². The summed E-state index contributed by atoms with van der Waals surface area (Å²) in [5, 5.41) is 7.53. The van der Waals surface area contributed by atoms with Crippen LogP contribution in [0.2, 0.25) is 5.02 Å². The van der Waals surface area contributed by atoms with E-state index in [9.17, 15) is 9.70 Å². The molecular formula is C19H20ClN3O3. The Morgan fingerprint density at radius 2 is 1.96 bits per heavy atom. The minimum absolute atomic E-state index is 0.122. The maximum atomic E-state index is 11.9. The summed E-state index contributed by atoms with van der Waals surface area (Å²) >= 11 is 5.81. The molecule has 0 aliphatic rings. The maximum Gasteiger partial charge on any atom is 0.277 e. The highest BCUT2D eigenvalue weighted by atomic mass is 35.5. The monoisotopic (exact) mass is 373 g/mol. The highest BCUT2D eigenvalue weighted by Gasteiger charge is 2.13. The van der Waals surface area contributed by atoms with Gasteiger partial charge in [0.1, 0.15) is 11.4 Å². The van der Waals surface area contributed by atoms with Crippen molar-refractivity contribution in [3.05, 3.63) is 63.0 Å². The maximum absolute atomic E-state index is 11.9. The number of halogens is 1. The van der Waals surface area contributed by atoms with E-state index in [1.807, 2.05) is 13.8 Å². The van der Waals surface area contributed by atoms with Crippen LogP contribution in [-0.4, -0.2) is 18.7 Å². The molecule has 0 bridgehead atoms. The molecule has 6 nitrogen and oxygen atoms in total. The number of ether oxygens (including phenoxy) is 1. The Morgan fingerprint density at radius 1 is 1.27 bits per heavy atom. The smallest absolute Gasteiger partial charge is 0.277 e. The zero-order valence-electron chi connectivity index (χ0n) is 14.8. The molecule has 1 amide bonds. The van der Waals surface area contributed by atoms with Crippen molar-refractivity contribution >= 4 is 29.4 Å². The number of amides is 1. The second-order valence-corrected chi connectivity index (χ2v) is 6.49.